The maximum absolute atomic E-state index is 11.4. The molecule has 2 fully saturated rings. The Labute approximate surface area is 72.7 Å². The lowest BCUT2D eigenvalue weighted by atomic mass is 10.1. The first-order valence-electron chi connectivity index (χ1n) is 4.75. The van der Waals surface area contributed by atoms with Gasteiger partial charge in [-0.25, -0.2) is 0 Å². The zero-order valence-electron chi connectivity index (χ0n) is 7.29. The highest BCUT2D eigenvalue weighted by atomic mass is 16.5. The van der Waals surface area contributed by atoms with E-state index in [1.165, 1.54) is 0 Å². The van der Waals surface area contributed by atoms with E-state index >= 15 is 0 Å². The number of carbonyl (C=O) groups excluding carboxylic acids is 1. The molecule has 68 valence electrons. The van der Waals surface area contributed by atoms with Crippen LogP contribution in [0.5, 0.6) is 0 Å². The summed E-state index contributed by atoms with van der Waals surface area (Å²) in [5, 5.41) is 0. The molecule has 0 atom stereocenters. The summed E-state index contributed by atoms with van der Waals surface area (Å²) in [6.45, 7) is 2.63. The smallest absolute Gasteiger partial charge is 0.222 e. The van der Waals surface area contributed by atoms with E-state index in [4.69, 9.17) is 4.74 Å². The third-order valence-corrected chi connectivity index (χ3v) is 2.74. The van der Waals surface area contributed by atoms with E-state index in [9.17, 15) is 4.79 Å². The largest absolute Gasteiger partial charge is 0.381 e. The zero-order valence-corrected chi connectivity index (χ0v) is 7.29. The van der Waals surface area contributed by atoms with E-state index in [-0.39, 0.29) is 0 Å². The fraction of sp³-hybridized carbons (Fsp3) is 0.889. The Morgan fingerprint density at radius 1 is 1.33 bits per heavy atom. The van der Waals surface area contributed by atoms with Crippen LogP contribution in [0.2, 0.25) is 0 Å². The van der Waals surface area contributed by atoms with E-state index in [0.717, 1.165) is 45.4 Å². The molecule has 0 saturated carbocycles. The van der Waals surface area contributed by atoms with Crippen LogP contribution in [0.4, 0.5) is 0 Å². The molecular weight excluding hydrogens is 154 g/mol. The molecule has 0 aromatic heterocycles. The molecule has 2 rings (SSSR count). The standard InChI is InChI=1S/C9H15NO2/c11-9-2-1-5-10(9)8-3-6-12-7-4-8/h8H,1-7H2. The number of likely N-dealkylation sites (tertiary alicyclic amines) is 1. The summed E-state index contributed by atoms with van der Waals surface area (Å²) < 4.78 is 5.26. The lowest BCUT2D eigenvalue weighted by molar-refractivity contribution is -0.131. The Bertz CT molecular complexity index is 175. The number of rotatable bonds is 1. The first-order valence-corrected chi connectivity index (χ1v) is 4.75. The maximum Gasteiger partial charge on any atom is 0.222 e. The van der Waals surface area contributed by atoms with Gasteiger partial charge in [-0.2, -0.15) is 0 Å². The number of hydrogen-bond acceptors (Lipinski definition) is 2. The van der Waals surface area contributed by atoms with Crippen LogP contribution in [0.1, 0.15) is 25.7 Å². The number of nitrogens with zero attached hydrogens (tertiary/aromatic N) is 1. The first kappa shape index (κ1) is 8.05. The van der Waals surface area contributed by atoms with Gasteiger partial charge in [0.05, 0.1) is 0 Å². The maximum atomic E-state index is 11.4. The average Bonchev–Trinajstić information content (AvgIpc) is 2.53. The van der Waals surface area contributed by atoms with Crippen molar-refractivity contribution < 1.29 is 9.53 Å². The predicted octanol–water partition coefficient (Wildman–Crippen LogP) is 0.788. The van der Waals surface area contributed by atoms with Gasteiger partial charge in [0.25, 0.3) is 0 Å². The molecule has 0 N–H and O–H groups in total. The summed E-state index contributed by atoms with van der Waals surface area (Å²) in [6, 6.07) is 0.480. The fourth-order valence-corrected chi connectivity index (χ4v) is 2.05. The third-order valence-electron chi connectivity index (χ3n) is 2.74. The average molecular weight is 169 g/mol. The van der Waals surface area contributed by atoms with Gasteiger partial charge in [0, 0.05) is 32.2 Å². The summed E-state index contributed by atoms with van der Waals surface area (Å²) in [5.41, 5.74) is 0. The summed E-state index contributed by atoms with van der Waals surface area (Å²) in [4.78, 5) is 13.4. The number of hydrogen-bond donors (Lipinski definition) is 0. The molecule has 3 heteroatoms. The molecule has 1 amide bonds. The molecule has 2 aliphatic heterocycles. The van der Waals surface area contributed by atoms with Crippen molar-refractivity contribution in [2.75, 3.05) is 19.8 Å². The lowest BCUT2D eigenvalue weighted by Crippen LogP contribution is -2.39. The highest BCUT2D eigenvalue weighted by Crippen LogP contribution is 2.20. The van der Waals surface area contributed by atoms with Gasteiger partial charge < -0.3 is 9.64 Å². The molecule has 0 bridgehead atoms. The van der Waals surface area contributed by atoms with Crippen molar-refractivity contribution in [3.05, 3.63) is 0 Å². The second-order valence-electron chi connectivity index (χ2n) is 3.53. The quantitative estimate of drug-likeness (QED) is 0.580. The Morgan fingerprint density at radius 2 is 2.08 bits per heavy atom. The van der Waals surface area contributed by atoms with Crippen LogP contribution in [0.3, 0.4) is 0 Å². The molecular formula is C9H15NO2. The molecule has 2 aliphatic rings. The van der Waals surface area contributed by atoms with Gasteiger partial charge in [-0.15, -0.1) is 0 Å². The predicted molar refractivity (Wildman–Crippen MR) is 44.8 cm³/mol. The van der Waals surface area contributed by atoms with E-state index in [2.05, 4.69) is 0 Å². The molecule has 2 heterocycles. The Balaban J connectivity index is 1.93. The number of amides is 1. The van der Waals surface area contributed by atoms with E-state index in [0.29, 0.717) is 11.9 Å². The highest BCUT2D eigenvalue weighted by molar-refractivity contribution is 5.78. The van der Waals surface area contributed by atoms with Gasteiger partial charge in [0.15, 0.2) is 0 Å². The summed E-state index contributed by atoms with van der Waals surface area (Å²) >= 11 is 0. The van der Waals surface area contributed by atoms with E-state index in [1.54, 1.807) is 0 Å². The fourth-order valence-electron chi connectivity index (χ4n) is 2.05. The second kappa shape index (κ2) is 3.44. The lowest BCUT2D eigenvalue weighted by Gasteiger charge is -2.30. The van der Waals surface area contributed by atoms with Crippen molar-refractivity contribution >= 4 is 5.91 Å². The SMILES string of the molecule is O=C1CCCN1C1CCOCC1. The Morgan fingerprint density at radius 3 is 2.67 bits per heavy atom. The van der Waals surface area contributed by atoms with Gasteiger partial charge in [-0.1, -0.05) is 0 Å². The minimum absolute atomic E-state index is 0.349. The van der Waals surface area contributed by atoms with Crippen LogP contribution < -0.4 is 0 Å². The molecule has 0 aromatic carbocycles. The van der Waals surface area contributed by atoms with Crippen LogP contribution in [-0.4, -0.2) is 36.6 Å². The monoisotopic (exact) mass is 169 g/mol. The van der Waals surface area contributed by atoms with Crippen molar-refractivity contribution in [1.29, 1.82) is 0 Å². The molecule has 0 radical (unpaired) electrons. The van der Waals surface area contributed by atoms with Crippen molar-refractivity contribution in [3.63, 3.8) is 0 Å². The zero-order chi connectivity index (χ0) is 8.39. The third kappa shape index (κ3) is 1.46. The first-order chi connectivity index (χ1) is 5.88. The molecule has 0 aromatic rings. The van der Waals surface area contributed by atoms with Crippen LogP contribution in [0.15, 0.2) is 0 Å². The molecule has 0 aliphatic carbocycles. The molecule has 3 nitrogen and oxygen atoms in total. The second-order valence-corrected chi connectivity index (χ2v) is 3.53. The topological polar surface area (TPSA) is 29.5 Å². The molecule has 0 spiro atoms. The van der Waals surface area contributed by atoms with Crippen molar-refractivity contribution in [2.24, 2.45) is 0 Å². The van der Waals surface area contributed by atoms with Crippen LogP contribution in [-0.2, 0) is 9.53 Å². The van der Waals surface area contributed by atoms with Crippen LogP contribution in [0, 0.1) is 0 Å². The minimum atomic E-state index is 0.349. The van der Waals surface area contributed by atoms with Gasteiger partial charge in [-0.3, -0.25) is 4.79 Å². The van der Waals surface area contributed by atoms with Gasteiger partial charge in [0.2, 0.25) is 5.91 Å². The highest BCUT2D eigenvalue weighted by Gasteiger charge is 2.28. The summed E-state index contributed by atoms with van der Waals surface area (Å²) in [6.07, 6.45) is 3.88. The summed E-state index contributed by atoms with van der Waals surface area (Å²) in [5.74, 6) is 0.349. The number of ether oxygens (including phenoxy) is 1. The Kier molecular flexibility index (Phi) is 2.30. The molecule has 0 unspecified atom stereocenters. The minimum Gasteiger partial charge on any atom is -0.381 e. The van der Waals surface area contributed by atoms with Crippen LogP contribution >= 0.6 is 0 Å². The van der Waals surface area contributed by atoms with Crippen molar-refractivity contribution in [3.8, 4) is 0 Å². The normalized spacial score (nSPS) is 26.7. The van der Waals surface area contributed by atoms with Crippen LogP contribution in [0.25, 0.3) is 0 Å². The Hall–Kier alpha value is -0.570. The van der Waals surface area contributed by atoms with Crippen molar-refractivity contribution in [1.82, 2.24) is 4.90 Å². The van der Waals surface area contributed by atoms with E-state index < -0.39 is 0 Å². The number of carbonyl (C=O) groups is 1. The van der Waals surface area contributed by atoms with Gasteiger partial charge in [-0.05, 0) is 19.3 Å². The van der Waals surface area contributed by atoms with Crippen molar-refractivity contribution in [2.45, 2.75) is 31.7 Å². The van der Waals surface area contributed by atoms with Gasteiger partial charge >= 0.3 is 0 Å². The molecule has 2 saturated heterocycles. The molecule has 12 heavy (non-hydrogen) atoms. The summed E-state index contributed by atoms with van der Waals surface area (Å²) in [7, 11) is 0. The van der Waals surface area contributed by atoms with E-state index in [1.807, 2.05) is 4.90 Å². The van der Waals surface area contributed by atoms with Gasteiger partial charge in [0.1, 0.15) is 0 Å².